The minimum Gasteiger partial charge on any atom is -0.340 e. The van der Waals surface area contributed by atoms with E-state index >= 15 is 0 Å². The highest BCUT2D eigenvalue weighted by molar-refractivity contribution is 5.50. The van der Waals surface area contributed by atoms with Crippen molar-refractivity contribution in [2.24, 2.45) is 5.92 Å². The molecule has 3 heterocycles. The Bertz CT molecular complexity index is 544. The molecular formula is C15H22N6. The molecule has 3 rings (SSSR count). The number of aromatic nitrogens is 4. The van der Waals surface area contributed by atoms with Crippen LogP contribution in [0.15, 0.2) is 24.4 Å². The summed E-state index contributed by atoms with van der Waals surface area (Å²) in [6.45, 7) is 6.37. The Labute approximate surface area is 125 Å². The summed E-state index contributed by atoms with van der Waals surface area (Å²) in [5, 5.41) is 10.8. The SMILES string of the molecule is CCNCC1CCN(c2n[nH]c(-c3ccccn3)n2)CC1. The van der Waals surface area contributed by atoms with Gasteiger partial charge in [0.1, 0.15) is 5.69 Å². The van der Waals surface area contributed by atoms with Gasteiger partial charge in [0.15, 0.2) is 5.82 Å². The van der Waals surface area contributed by atoms with Crippen molar-refractivity contribution in [1.82, 2.24) is 25.5 Å². The van der Waals surface area contributed by atoms with E-state index in [0.717, 1.165) is 49.6 Å². The summed E-state index contributed by atoms with van der Waals surface area (Å²) in [6, 6.07) is 5.79. The molecule has 2 N–H and O–H groups in total. The molecule has 0 amide bonds. The first-order valence-corrected chi connectivity index (χ1v) is 7.66. The summed E-state index contributed by atoms with van der Waals surface area (Å²) in [4.78, 5) is 11.1. The smallest absolute Gasteiger partial charge is 0.245 e. The van der Waals surface area contributed by atoms with Crippen molar-refractivity contribution in [3.8, 4) is 11.5 Å². The number of nitrogens with one attached hydrogen (secondary N) is 2. The van der Waals surface area contributed by atoms with Crippen LogP contribution >= 0.6 is 0 Å². The highest BCUT2D eigenvalue weighted by Gasteiger charge is 2.21. The molecule has 112 valence electrons. The van der Waals surface area contributed by atoms with Crippen LogP contribution in [0, 0.1) is 5.92 Å². The lowest BCUT2D eigenvalue weighted by molar-refractivity contribution is 0.384. The largest absolute Gasteiger partial charge is 0.340 e. The fraction of sp³-hybridized carbons (Fsp3) is 0.533. The molecule has 1 saturated heterocycles. The highest BCUT2D eigenvalue weighted by atomic mass is 15.4. The molecule has 6 nitrogen and oxygen atoms in total. The first-order chi connectivity index (χ1) is 10.4. The second-order valence-electron chi connectivity index (χ2n) is 5.44. The number of nitrogens with zero attached hydrogens (tertiary/aromatic N) is 4. The predicted molar refractivity (Wildman–Crippen MR) is 83.1 cm³/mol. The zero-order valence-electron chi connectivity index (χ0n) is 12.4. The van der Waals surface area contributed by atoms with Crippen molar-refractivity contribution in [1.29, 1.82) is 0 Å². The first-order valence-electron chi connectivity index (χ1n) is 7.66. The molecular weight excluding hydrogens is 264 g/mol. The molecule has 2 aromatic heterocycles. The molecule has 2 aromatic rings. The van der Waals surface area contributed by atoms with Gasteiger partial charge in [-0.3, -0.25) is 10.1 Å². The summed E-state index contributed by atoms with van der Waals surface area (Å²) in [6.07, 6.45) is 4.16. The van der Waals surface area contributed by atoms with Crippen LogP contribution in [-0.4, -0.2) is 46.3 Å². The molecule has 1 aliphatic rings. The minimum absolute atomic E-state index is 0.736. The molecule has 21 heavy (non-hydrogen) atoms. The molecule has 0 radical (unpaired) electrons. The Morgan fingerprint density at radius 1 is 1.33 bits per heavy atom. The minimum atomic E-state index is 0.736. The topological polar surface area (TPSA) is 69.7 Å². The highest BCUT2D eigenvalue weighted by Crippen LogP contribution is 2.21. The fourth-order valence-electron chi connectivity index (χ4n) is 2.70. The molecule has 0 aromatic carbocycles. The fourth-order valence-corrected chi connectivity index (χ4v) is 2.70. The number of anilines is 1. The molecule has 0 aliphatic carbocycles. The van der Waals surface area contributed by atoms with E-state index in [4.69, 9.17) is 0 Å². The van der Waals surface area contributed by atoms with Crippen LogP contribution in [0.2, 0.25) is 0 Å². The van der Waals surface area contributed by atoms with Crippen LogP contribution in [0.1, 0.15) is 19.8 Å². The van der Waals surface area contributed by atoms with Crippen molar-refractivity contribution < 1.29 is 0 Å². The van der Waals surface area contributed by atoms with Crippen molar-refractivity contribution in [3.63, 3.8) is 0 Å². The van der Waals surface area contributed by atoms with E-state index in [9.17, 15) is 0 Å². The van der Waals surface area contributed by atoms with Crippen LogP contribution in [0.5, 0.6) is 0 Å². The van der Waals surface area contributed by atoms with E-state index in [1.807, 2.05) is 18.2 Å². The predicted octanol–water partition coefficient (Wildman–Crippen LogP) is 1.69. The third kappa shape index (κ3) is 3.39. The van der Waals surface area contributed by atoms with Gasteiger partial charge in [0.05, 0.1) is 0 Å². The quantitative estimate of drug-likeness (QED) is 0.875. The van der Waals surface area contributed by atoms with Gasteiger partial charge in [-0.05, 0) is 44.0 Å². The summed E-state index contributed by atoms with van der Waals surface area (Å²) >= 11 is 0. The van der Waals surface area contributed by atoms with Crippen LogP contribution < -0.4 is 10.2 Å². The number of aromatic amines is 1. The molecule has 1 fully saturated rings. The second kappa shape index (κ2) is 6.67. The normalized spacial score (nSPS) is 16.3. The van der Waals surface area contributed by atoms with E-state index in [-0.39, 0.29) is 0 Å². The van der Waals surface area contributed by atoms with Gasteiger partial charge in [0.25, 0.3) is 0 Å². The van der Waals surface area contributed by atoms with Gasteiger partial charge in [-0.25, -0.2) is 0 Å². The molecule has 0 spiro atoms. The van der Waals surface area contributed by atoms with Crippen molar-refractivity contribution in [2.75, 3.05) is 31.1 Å². The molecule has 0 atom stereocenters. The number of hydrogen-bond acceptors (Lipinski definition) is 5. The average Bonchev–Trinajstić information content (AvgIpc) is 3.04. The number of rotatable bonds is 5. The van der Waals surface area contributed by atoms with Crippen LogP contribution in [0.3, 0.4) is 0 Å². The van der Waals surface area contributed by atoms with E-state index in [2.05, 4.69) is 37.3 Å². The van der Waals surface area contributed by atoms with E-state index in [1.54, 1.807) is 6.20 Å². The van der Waals surface area contributed by atoms with Gasteiger partial charge >= 0.3 is 0 Å². The molecule has 0 unspecified atom stereocenters. The third-order valence-corrected chi connectivity index (χ3v) is 3.96. The van der Waals surface area contributed by atoms with Crippen LogP contribution in [-0.2, 0) is 0 Å². The average molecular weight is 286 g/mol. The monoisotopic (exact) mass is 286 g/mol. The van der Waals surface area contributed by atoms with Crippen molar-refractivity contribution >= 4 is 5.95 Å². The molecule has 1 aliphatic heterocycles. The summed E-state index contributed by atoms with van der Waals surface area (Å²) in [7, 11) is 0. The summed E-state index contributed by atoms with van der Waals surface area (Å²) < 4.78 is 0. The second-order valence-corrected chi connectivity index (χ2v) is 5.44. The lowest BCUT2D eigenvalue weighted by atomic mass is 9.97. The Kier molecular flexibility index (Phi) is 4.45. The number of H-pyrrole nitrogens is 1. The maximum Gasteiger partial charge on any atom is 0.245 e. The van der Waals surface area contributed by atoms with Crippen LogP contribution in [0.25, 0.3) is 11.5 Å². The van der Waals surface area contributed by atoms with E-state index in [0.29, 0.717) is 0 Å². The standard InChI is InChI=1S/C15H22N6/c1-2-16-11-12-6-9-21(10-7-12)15-18-14(19-20-15)13-5-3-4-8-17-13/h3-5,8,12,16H,2,6-7,9-11H2,1H3,(H,18,19,20). The number of pyridine rings is 1. The van der Waals surface area contributed by atoms with Gasteiger partial charge in [0, 0.05) is 19.3 Å². The Balaban J connectivity index is 1.60. The van der Waals surface area contributed by atoms with Crippen molar-refractivity contribution in [2.45, 2.75) is 19.8 Å². The third-order valence-electron chi connectivity index (χ3n) is 3.96. The first kappa shape index (κ1) is 14.0. The Morgan fingerprint density at radius 3 is 2.90 bits per heavy atom. The maximum absolute atomic E-state index is 4.57. The van der Waals surface area contributed by atoms with Gasteiger partial charge in [-0.15, -0.1) is 5.10 Å². The van der Waals surface area contributed by atoms with Gasteiger partial charge in [-0.2, -0.15) is 4.98 Å². The van der Waals surface area contributed by atoms with E-state index < -0.39 is 0 Å². The van der Waals surface area contributed by atoms with E-state index in [1.165, 1.54) is 12.8 Å². The maximum atomic E-state index is 4.57. The number of piperidine rings is 1. The number of hydrogen-bond donors (Lipinski definition) is 2. The van der Waals surface area contributed by atoms with Crippen LogP contribution in [0.4, 0.5) is 5.95 Å². The Morgan fingerprint density at radius 2 is 2.19 bits per heavy atom. The molecule has 0 saturated carbocycles. The van der Waals surface area contributed by atoms with Gasteiger partial charge < -0.3 is 10.2 Å². The molecule has 0 bridgehead atoms. The summed E-state index contributed by atoms with van der Waals surface area (Å²) in [5.41, 5.74) is 0.832. The molecule has 6 heteroatoms. The summed E-state index contributed by atoms with van der Waals surface area (Å²) in [5.74, 6) is 2.30. The van der Waals surface area contributed by atoms with Gasteiger partial charge in [-0.1, -0.05) is 13.0 Å². The van der Waals surface area contributed by atoms with Gasteiger partial charge in [0.2, 0.25) is 5.95 Å². The van der Waals surface area contributed by atoms with Crippen molar-refractivity contribution in [3.05, 3.63) is 24.4 Å². The Hall–Kier alpha value is -1.95. The lowest BCUT2D eigenvalue weighted by Crippen LogP contribution is -2.37. The zero-order valence-corrected chi connectivity index (χ0v) is 12.4. The zero-order chi connectivity index (χ0) is 14.5. The lowest BCUT2D eigenvalue weighted by Gasteiger charge is -2.31.